The van der Waals surface area contributed by atoms with E-state index in [0.717, 1.165) is 10.0 Å². The number of rotatable bonds is 6. The highest BCUT2D eigenvalue weighted by molar-refractivity contribution is 9.10. The first-order valence-electron chi connectivity index (χ1n) is 9.07. The number of nitrogens with one attached hydrogen (secondary N) is 1. The molecule has 0 bridgehead atoms. The maximum absolute atomic E-state index is 12.4. The number of allylic oxidation sites excluding steroid dienone is 3. The van der Waals surface area contributed by atoms with Crippen LogP contribution in [-0.2, 0) is 10.5 Å². The Hall–Kier alpha value is -2.89. The number of Topliss-reactive ketones (excluding diaryl/α,β-unsaturated/α-hetero) is 1. The predicted octanol–water partition coefficient (Wildman–Crippen LogP) is 5.58. The number of nitrogens with zero attached hydrogens (tertiary/aromatic N) is 2. The SMILES string of the molecule is CC(=O)C1=C(C)NC(SCc2cccc(Br)c2)=C(C#N)C1c1ccccc1[N+](=O)[O-]. The molecule has 0 aromatic heterocycles. The van der Waals surface area contributed by atoms with Crippen molar-refractivity contribution < 1.29 is 9.72 Å². The van der Waals surface area contributed by atoms with Crippen LogP contribution in [0.3, 0.4) is 0 Å². The molecular weight excluding hydrogens is 466 g/mol. The van der Waals surface area contributed by atoms with Gasteiger partial charge in [-0.3, -0.25) is 14.9 Å². The third-order valence-electron chi connectivity index (χ3n) is 4.74. The van der Waals surface area contributed by atoms with E-state index in [1.54, 1.807) is 25.1 Å². The maximum atomic E-state index is 12.4. The molecule has 0 saturated carbocycles. The van der Waals surface area contributed by atoms with Gasteiger partial charge < -0.3 is 5.32 Å². The molecule has 8 heteroatoms. The number of hydrogen-bond acceptors (Lipinski definition) is 6. The Balaban J connectivity index is 2.10. The molecule has 152 valence electrons. The lowest BCUT2D eigenvalue weighted by atomic mass is 9.80. The predicted molar refractivity (Wildman–Crippen MR) is 120 cm³/mol. The summed E-state index contributed by atoms with van der Waals surface area (Å²) in [6, 6.07) is 16.3. The van der Waals surface area contributed by atoms with Gasteiger partial charge in [-0.15, -0.1) is 11.8 Å². The molecule has 0 spiro atoms. The molecule has 0 radical (unpaired) electrons. The van der Waals surface area contributed by atoms with Gasteiger partial charge >= 0.3 is 0 Å². The monoisotopic (exact) mass is 483 g/mol. The highest BCUT2D eigenvalue weighted by Crippen LogP contribution is 2.44. The summed E-state index contributed by atoms with van der Waals surface area (Å²) in [7, 11) is 0. The summed E-state index contributed by atoms with van der Waals surface area (Å²) in [6.07, 6.45) is 0. The van der Waals surface area contributed by atoms with Crippen LogP contribution in [0.2, 0.25) is 0 Å². The van der Waals surface area contributed by atoms with Crippen LogP contribution in [0.25, 0.3) is 0 Å². The van der Waals surface area contributed by atoms with E-state index in [1.165, 1.54) is 24.8 Å². The van der Waals surface area contributed by atoms with Crippen LogP contribution < -0.4 is 5.32 Å². The number of benzene rings is 2. The van der Waals surface area contributed by atoms with Crippen molar-refractivity contribution in [3.8, 4) is 6.07 Å². The van der Waals surface area contributed by atoms with E-state index in [4.69, 9.17) is 0 Å². The van der Waals surface area contributed by atoms with Gasteiger partial charge in [0.15, 0.2) is 5.78 Å². The number of carbonyl (C=O) groups is 1. The van der Waals surface area contributed by atoms with Crippen molar-refractivity contribution in [2.75, 3.05) is 0 Å². The van der Waals surface area contributed by atoms with Crippen LogP contribution in [0.5, 0.6) is 0 Å². The van der Waals surface area contributed by atoms with Crippen LogP contribution in [0.15, 0.2) is 74.9 Å². The van der Waals surface area contributed by atoms with Crippen molar-refractivity contribution >= 4 is 39.2 Å². The second-order valence-electron chi connectivity index (χ2n) is 6.74. The van der Waals surface area contributed by atoms with Crippen molar-refractivity contribution in [3.05, 3.63) is 96.1 Å². The fraction of sp³-hybridized carbons (Fsp3) is 0.182. The minimum atomic E-state index is -0.791. The topological polar surface area (TPSA) is 96.0 Å². The molecule has 1 unspecified atom stereocenters. The van der Waals surface area contributed by atoms with Crippen molar-refractivity contribution in [3.63, 3.8) is 0 Å². The van der Waals surface area contributed by atoms with E-state index in [9.17, 15) is 20.2 Å². The summed E-state index contributed by atoms with van der Waals surface area (Å²) in [5, 5.41) is 25.4. The summed E-state index contributed by atoms with van der Waals surface area (Å²) >= 11 is 4.88. The summed E-state index contributed by atoms with van der Waals surface area (Å²) < 4.78 is 0.958. The summed E-state index contributed by atoms with van der Waals surface area (Å²) in [4.78, 5) is 23.6. The smallest absolute Gasteiger partial charge is 0.273 e. The molecule has 6 nitrogen and oxygen atoms in total. The second kappa shape index (κ2) is 9.28. The summed E-state index contributed by atoms with van der Waals surface area (Å²) in [5.41, 5.74) is 2.56. The van der Waals surface area contributed by atoms with Gasteiger partial charge in [-0.2, -0.15) is 5.26 Å². The normalized spacial score (nSPS) is 16.1. The summed E-state index contributed by atoms with van der Waals surface area (Å²) in [5.74, 6) is -0.425. The zero-order valence-electron chi connectivity index (χ0n) is 16.3. The van der Waals surface area contributed by atoms with Gasteiger partial charge in [-0.25, -0.2) is 0 Å². The second-order valence-corrected chi connectivity index (χ2v) is 8.64. The van der Waals surface area contributed by atoms with Gasteiger partial charge in [0, 0.05) is 33.1 Å². The number of nitro groups is 1. The van der Waals surface area contributed by atoms with E-state index in [0.29, 0.717) is 33.2 Å². The third-order valence-corrected chi connectivity index (χ3v) is 6.32. The number of para-hydroxylation sites is 1. The van der Waals surface area contributed by atoms with Crippen LogP contribution in [0.4, 0.5) is 5.69 Å². The van der Waals surface area contributed by atoms with E-state index < -0.39 is 10.8 Å². The number of nitriles is 1. The zero-order chi connectivity index (χ0) is 21.8. The van der Waals surface area contributed by atoms with Crippen molar-refractivity contribution in [2.45, 2.75) is 25.5 Å². The lowest BCUT2D eigenvalue weighted by Crippen LogP contribution is -2.27. The zero-order valence-corrected chi connectivity index (χ0v) is 18.7. The van der Waals surface area contributed by atoms with Gasteiger partial charge in [0.05, 0.1) is 27.5 Å². The van der Waals surface area contributed by atoms with Gasteiger partial charge in [0.2, 0.25) is 0 Å². The highest BCUT2D eigenvalue weighted by Gasteiger charge is 2.36. The van der Waals surface area contributed by atoms with Gasteiger partial charge in [0.25, 0.3) is 5.69 Å². The van der Waals surface area contributed by atoms with Crippen LogP contribution in [-0.4, -0.2) is 10.7 Å². The number of ketones is 1. The number of thioether (sulfide) groups is 1. The van der Waals surface area contributed by atoms with Crippen molar-refractivity contribution in [2.24, 2.45) is 0 Å². The summed E-state index contributed by atoms with van der Waals surface area (Å²) in [6.45, 7) is 3.17. The van der Waals surface area contributed by atoms with Crippen LogP contribution >= 0.6 is 27.7 Å². The molecule has 2 aromatic rings. The Morgan fingerprint density at radius 1 is 1.30 bits per heavy atom. The van der Waals surface area contributed by atoms with E-state index >= 15 is 0 Å². The molecule has 1 heterocycles. The maximum Gasteiger partial charge on any atom is 0.273 e. The molecule has 2 aromatic carbocycles. The molecule has 1 atom stereocenters. The molecule has 1 aliphatic heterocycles. The number of carbonyl (C=O) groups excluding carboxylic acids is 1. The first-order chi connectivity index (χ1) is 14.3. The number of hydrogen-bond donors (Lipinski definition) is 1. The number of nitro benzene ring substituents is 1. The van der Waals surface area contributed by atoms with Gasteiger partial charge in [0.1, 0.15) is 0 Å². The van der Waals surface area contributed by atoms with Gasteiger partial charge in [-0.05, 0) is 31.5 Å². The van der Waals surface area contributed by atoms with E-state index in [1.807, 2.05) is 24.3 Å². The van der Waals surface area contributed by atoms with E-state index in [2.05, 4.69) is 27.3 Å². The lowest BCUT2D eigenvalue weighted by molar-refractivity contribution is -0.385. The fourth-order valence-corrected chi connectivity index (χ4v) is 4.97. The van der Waals surface area contributed by atoms with Crippen molar-refractivity contribution in [1.29, 1.82) is 5.26 Å². The Kier molecular flexibility index (Phi) is 6.75. The molecule has 0 amide bonds. The first kappa shape index (κ1) is 21.8. The fourth-order valence-electron chi connectivity index (χ4n) is 3.48. The molecular formula is C22H18BrN3O3S. The average molecular weight is 484 g/mol. The Labute approximate surface area is 187 Å². The largest absolute Gasteiger partial charge is 0.353 e. The molecule has 3 rings (SSSR count). The Morgan fingerprint density at radius 3 is 2.67 bits per heavy atom. The van der Waals surface area contributed by atoms with Crippen LogP contribution in [0.1, 0.15) is 30.9 Å². The molecule has 1 N–H and O–H groups in total. The number of halogens is 1. The molecule has 0 fully saturated rings. The molecule has 0 aliphatic carbocycles. The first-order valence-corrected chi connectivity index (χ1v) is 10.8. The Morgan fingerprint density at radius 2 is 2.03 bits per heavy atom. The minimum Gasteiger partial charge on any atom is -0.353 e. The highest BCUT2D eigenvalue weighted by atomic mass is 79.9. The molecule has 1 aliphatic rings. The quantitative estimate of drug-likeness (QED) is 0.425. The van der Waals surface area contributed by atoms with Gasteiger partial charge in [-0.1, -0.05) is 46.3 Å². The molecule has 30 heavy (non-hydrogen) atoms. The Bertz CT molecular complexity index is 1130. The standard InChI is InChI=1S/C22H18BrN3O3S/c1-13-20(14(2)27)21(17-8-3-4-9-19(17)26(28)29)18(11-24)22(25-13)30-12-15-6-5-7-16(23)10-15/h3-10,21,25H,12H2,1-2H3. The lowest BCUT2D eigenvalue weighted by Gasteiger charge is -2.29. The molecule has 0 saturated heterocycles. The third kappa shape index (κ3) is 4.48. The minimum absolute atomic E-state index is 0.111. The van der Waals surface area contributed by atoms with E-state index in [-0.39, 0.29) is 11.5 Å². The average Bonchev–Trinajstić information content (AvgIpc) is 2.71. The number of dihydropyridines is 1. The van der Waals surface area contributed by atoms with Crippen molar-refractivity contribution in [1.82, 2.24) is 5.32 Å². The van der Waals surface area contributed by atoms with Crippen LogP contribution in [0, 0.1) is 21.4 Å².